The molecule has 5 rings (SSSR count). The van der Waals surface area contributed by atoms with Gasteiger partial charge in [0.25, 0.3) is 5.91 Å². The zero-order chi connectivity index (χ0) is 24.4. The van der Waals surface area contributed by atoms with Crippen molar-refractivity contribution in [2.45, 2.75) is 0 Å². The number of aryl methyl sites for hydroxylation is 1. The van der Waals surface area contributed by atoms with Crippen LogP contribution < -0.4 is 21.7 Å². The summed E-state index contributed by atoms with van der Waals surface area (Å²) in [5.41, 5.74) is 10.1. The molecule has 10 heteroatoms. The lowest BCUT2D eigenvalue weighted by atomic mass is 10.1. The molecule has 9 nitrogen and oxygen atoms in total. The maximum atomic E-state index is 13.2. The number of aromatic nitrogens is 3. The number of carbonyl (C=O) groups excluding carboxylic acids is 2. The van der Waals surface area contributed by atoms with Crippen LogP contribution in [0.4, 0.5) is 27.7 Å². The van der Waals surface area contributed by atoms with Crippen LogP contribution in [-0.4, -0.2) is 26.7 Å². The number of nitrogens with zero attached hydrogens (tertiary/aromatic N) is 3. The number of carbonyl (C=O) groups is 2. The first-order chi connectivity index (χ1) is 17.0. The van der Waals surface area contributed by atoms with Crippen LogP contribution in [0, 0.1) is 0 Å². The van der Waals surface area contributed by atoms with Gasteiger partial charge in [0, 0.05) is 63.1 Å². The number of nitrogens with one attached hydrogen (secondary N) is 3. The number of rotatable bonds is 5. The number of benzene rings is 2. The molecule has 3 amide bonds. The van der Waals surface area contributed by atoms with Crippen LogP contribution in [0.3, 0.4) is 0 Å². The van der Waals surface area contributed by atoms with Crippen LogP contribution in [-0.2, 0) is 7.05 Å². The molecule has 0 saturated carbocycles. The Kier molecular flexibility index (Phi) is 5.86. The third kappa shape index (κ3) is 4.68. The van der Waals surface area contributed by atoms with E-state index in [2.05, 4.69) is 26.0 Å². The molecule has 5 N–H and O–H groups in total. The second-order valence-corrected chi connectivity index (χ2v) is 8.67. The summed E-state index contributed by atoms with van der Waals surface area (Å²) in [5.74, 6) is -0.0361. The van der Waals surface area contributed by atoms with Gasteiger partial charge in [-0.1, -0.05) is 24.3 Å². The molecule has 0 unspecified atom stereocenters. The number of thiophene rings is 1. The van der Waals surface area contributed by atoms with E-state index in [1.807, 2.05) is 31.4 Å². The van der Waals surface area contributed by atoms with Crippen molar-refractivity contribution in [2.24, 2.45) is 7.05 Å². The monoisotopic (exact) mass is 483 g/mol. The molecule has 2 aromatic carbocycles. The zero-order valence-corrected chi connectivity index (χ0v) is 19.5. The van der Waals surface area contributed by atoms with E-state index in [1.165, 1.54) is 11.3 Å². The lowest BCUT2D eigenvalue weighted by Crippen LogP contribution is -2.19. The molecule has 35 heavy (non-hydrogen) atoms. The Balaban J connectivity index is 1.35. The van der Waals surface area contributed by atoms with Gasteiger partial charge in [0.2, 0.25) is 0 Å². The first-order valence-corrected chi connectivity index (χ1v) is 11.5. The number of nitrogen functional groups attached to an aromatic ring is 1. The number of pyridine rings is 1. The number of hydrogen-bond donors (Lipinski definition) is 4. The number of fused-ring (bicyclic) bond motifs is 1. The van der Waals surface area contributed by atoms with Crippen LogP contribution in [0.25, 0.3) is 21.2 Å². The van der Waals surface area contributed by atoms with Gasteiger partial charge in [-0.15, -0.1) is 11.3 Å². The Bertz CT molecular complexity index is 1540. The predicted octanol–water partition coefficient (Wildman–Crippen LogP) is 5.18. The largest absolute Gasteiger partial charge is 0.383 e. The minimum Gasteiger partial charge on any atom is -0.383 e. The maximum Gasteiger partial charge on any atom is 0.323 e. The summed E-state index contributed by atoms with van der Waals surface area (Å²) >= 11 is 1.43. The smallest absolute Gasteiger partial charge is 0.323 e. The van der Waals surface area contributed by atoms with Crippen LogP contribution in [0.1, 0.15) is 10.4 Å². The van der Waals surface area contributed by atoms with Crippen molar-refractivity contribution in [3.05, 3.63) is 84.1 Å². The fourth-order valence-electron chi connectivity index (χ4n) is 3.69. The molecule has 0 aliphatic heterocycles. The zero-order valence-electron chi connectivity index (χ0n) is 18.6. The van der Waals surface area contributed by atoms with Gasteiger partial charge in [-0.2, -0.15) is 5.10 Å². The molecule has 5 aromatic rings. The topological polar surface area (TPSA) is 127 Å². The molecule has 0 aliphatic rings. The van der Waals surface area contributed by atoms with Crippen molar-refractivity contribution in [1.82, 2.24) is 14.8 Å². The van der Waals surface area contributed by atoms with Gasteiger partial charge >= 0.3 is 6.03 Å². The van der Waals surface area contributed by atoms with Gasteiger partial charge in [0.15, 0.2) is 0 Å². The first kappa shape index (κ1) is 22.1. The van der Waals surface area contributed by atoms with Gasteiger partial charge in [-0.3, -0.25) is 9.48 Å². The second kappa shape index (κ2) is 9.27. The van der Waals surface area contributed by atoms with Crippen LogP contribution >= 0.6 is 11.3 Å². The van der Waals surface area contributed by atoms with E-state index in [9.17, 15) is 9.59 Å². The molecule has 0 aliphatic carbocycles. The number of para-hydroxylation sites is 1. The number of urea groups is 1. The lowest BCUT2D eigenvalue weighted by molar-refractivity contribution is 0.102. The maximum absolute atomic E-state index is 13.2. The molecule has 0 bridgehead atoms. The highest BCUT2D eigenvalue weighted by atomic mass is 32.1. The summed E-state index contributed by atoms with van der Waals surface area (Å²) in [6.45, 7) is 0. The van der Waals surface area contributed by atoms with Gasteiger partial charge < -0.3 is 21.7 Å². The molecule has 3 heterocycles. The van der Waals surface area contributed by atoms with E-state index >= 15 is 0 Å². The minimum atomic E-state index is -0.384. The third-order valence-corrected chi connectivity index (χ3v) is 6.31. The van der Waals surface area contributed by atoms with Crippen molar-refractivity contribution in [2.75, 3.05) is 21.7 Å². The molecule has 0 saturated heterocycles. The molecule has 174 valence electrons. The number of amides is 3. The Hall–Kier alpha value is -4.70. The third-order valence-electron chi connectivity index (χ3n) is 5.30. The van der Waals surface area contributed by atoms with Crippen molar-refractivity contribution < 1.29 is 9.59 Å². The van der Waals surface area contributed by atoms with Gasteiger partial charge in [0.1, 0.15) is 5.82 Å². The Morgan fingerprint density at radius 2 is 1.66 bits per heavy atom. The summed E-state index contributed by atoms with van der Waals surface area (Å²) in [5, 5.41) is 15.0. The minimum absolute atomic E-state index is 0.284. The van der Waals surface area contributed by atoms with Crippen molar-refractivity contribution >= 4 is 56.2 Å². The highest BCUT2D eigenvalue weighted by Gasteiger charge is 2.19. The standard InChI is InChI=1S/C25H21N7O2S/c1-32-13-15(11-28-32)19-12-27-23(26)21-20(14-35-22(19)21)24(33)29-17-8-5-9-18(10-17)31-25(34)30-16-6-3-2-4-7-16/h2-14H,1H3,(H2,26,27)(H,29,33)(H2,30,31,34). The van der Waals surface area contributed by atoms with E-state index in [4.69, 9.17) is 5.73 Å². The lowest BCUT2D eigenvalue weighted by Gasteiger charge is -2.10. The number of nitrogens with two attached hydrogens (primary N) is 1. The fourth-order valence-corrected chi connectivity index (χ4v) is 4.78. The molecule has 0 atom stereocenters. The van der Waals surface area contributed by atoms with Crippen molar-refractivity contribution in [1.29, 1.82) is 0 Å². The van der Waals surface area contributed by atoms with Crippen molar-refractivity contribution in [3.63, 3.8) is 0 Å². The first-order valence-electron chi connectivity index (χ1n) is 10.7. The normalized spacial score (nSPS) is 10.8. The Morgan fingerprint density at radius 3 is 2.40 bits per heavy atom. The van der Waals surface area contributed by atoms with Crippen LogP contribution in [0.2, 0.25) is 0 Å². The Morgan fingerprint density at radius 1 is 0.943 bits per heavy atom. The molecule has 0 spiro atoms. The van der Waals surface area contributed by atoms with Crippen LogP contribution in [0.15, 0.2) is 78.6 Å². The van der Waals surface area contributed by atoms with Crippen LogP contribution in [0.5, 0.6) is 0 Å². The van der Waals surface area contributed by atoms with E-state index < -0.39 is 0 Å². The fraction of sp³-hybridized carbons (Fsp3) is 0.0400. The van der Waals surface area contributed by atoms with Gasteiger partial charge in [-0.05, 0) is 30.3 Å². The van der Waals surface area contributed by atoms with Gasteiger partial charge in [-0.25, -0.2) is 9.78 Å². The van der Waals surface area contributed by atoms with Gasteiger partial charge in [0.05, 0.1) is 11.8 Å². The number of anilines is 4. The van der Waals surface area contributed by atoms with E-state index in [0.29, 0.717) is 28.0 Å². The SMILES string of the molecule is Cn1cc(-c2cnc(N)c3c(C(=O)Nc4cccc(NC(=O)Nc5ccccc5)c4)csc23)cn1. The predicted molar refractivity (Wildman–Crippen MR) is 140 cm³/mol. The highest BCUT2D eigenvalue weighted by Crippen LogP contribution is 2.37. The summed E-state index contributed by atoms with van der Waals surface area (Å²) in [4.78, 5) is 29.8. The molecular formula is C25H21N7O2S. The van der Waals surface area contributed by atoms with Crippen molar-refractivity contribution in [3.8, 4) is 11.1 Å². The Labute approximate surface area is 204 Å². The average Bonchev–Trinajstić information content (AvgIpc) is 3.48. The summed E-state index contributed by atoms with van der Waals surface area (Å²) in [6.07, 6.45) is 5.33. The summed E-state index contributed by atoms with van der Waals surface area (Å²) in [7, 11) is 1.84. The molecule has 3 aromatic heterocycles. The molecule has 0 radical (unpaired) electrons. The van der Waals surface area contributed by atoms with E-state index in [-0.39, 0.29) is 17.8 Å². The molecule has 0 fully saturated rings. The quantitative estimate of drug-likeness (QED) is 0.274. The molecular weight excluding hydrogens is 462 g/mol. The van der Waals surface area contributed by atoms with E-state index in [1.54, 1.807) is 58.9 Å². The van der Waals surface area contributed by atoms with E-state index in [0.717, 1.165) is 15.8 Å². The highest BCUT2D eigenvalue weighted by molar-refractivity contribution is 7.18. The summed E-state index contributed by atoms with van der Waals surface area (Å²) < 4.78 is 2.57. The average molecular weight is 484 g/mol. The second-order valence-electron chi connectivity index (χ2n) is 7.79. The summed E-state index contributed by atoms with van der Waals surface area (Å²) in [6, 6.07) is 15.7. The number of hydrogen-bond acceptors (Lipinski definition) is 6.